The number of Topliss-reactive ketones (excluding diaryl/α,β-unsaturated/α-hetero) is 1. The lowest BCUT2D eigenvalue weighted by Crippen LogP contribution is -2.36. The summed E-state index contributed by atoms with van der Waals surface area (Å²) in [6, 6.07) is 12.9. The van der Waals surface area contributed by atoms with Gasteiger partial charge in [0.05, 0.1) is 15.5 Å². The van der Waals surface area contributed by atoms with Crippen molar-refractivity contribution in [1.82, 2.24) is 14.8 Å². The summed E-state index contributed by atoms with van der Waals surface area (Å²) in [5, 5.41) is 20.2. The van der Waals surface area contributed by atoms with Crippen LogP contribution in [0.15, 0.2) is 59.8 Å². The number of aromatic nitrogens is 3. The first-order valence-electron chi connectivity index (χ1n) is 10.2. The van der Waals surface area contributed by atoms with Gasteiger partial charge in [0.25, 0.3) is 5.69 Å². The summed E-state index contributed by atoms with van der Waals surface area (Å²) in [7, 11) is 0. The quantitative estimate of drug-likeness (QED) is 0.437. The van der Waals surface area contributed by atoms with Gasteiger partial charge in [-0.15, -0.1) is 5.10 Å². The molecule has 1 atom stereocenters. The van der Waals surface area contributed by atoms with Gasteiger partial charge in [0.15, 0.2) is 11.6 Å². The van der Waals surface area contributed by atoms with E-state index < -0.39 is 11.0 Å². The topological polar surface area (TPSA) is 103 Å². The molecule has 2 aromatic carbocycles. The van der Waals surface area contributed by atoms with Crippen molar-refractivity contribution in [2.75, 3.05) is 5.32 Å². The van der Waals surface area contributed by atoms with Crippen molar-refractivity contribution in [3.05, 3.63) is 80.5 Å². The molecule has 1 aliphatic carbocycles. The zero-order valence-electron chi connectivity index (χ0n) is 17.5. The van der Waals surface area contributed by atoms with Crippen LogP contribution in [0.3, 0.4) is 0 Å². The number of carbonyl (C=O) groups excluding carboxylic acids is 1. The van der Waals surface area contributed by atoms with Crippen molar-refractivity contribution < 1.29 is 9.72 Å². The number of nitro benzene ring substituents is 1. The second-order valence-corrected chi connectivity index (χ2v) is 9.27. The third-order valence-corrected chi connectivity index (χ3v) is 6.20. The van der Waals surface area contributed by atoms with Crippen LogP contribution in [0.4, 0.5) is 11.6 Å². The van der Waals surface area contributed by atoms with Crippen LogP contribution in [-0.4, -0.2) is 25.5 Å². The first-order chi connectivity index (χ1) is 15.2. The largest absolute Gasteiger partial charge is 0.328 e. The van der Waals surface area contributed by atoms with Gasteiger partial charge in [0.2, 0.25) is 5.95 Å². The number of nitrogens with one attached hydrogen (secondary N) is 1. The smallest absolute Gasteiger partial charge is 0.275 e. The van der Waals surface area contributed by atoms with Crippen molar-refractivity contribution in [3.63, 3.8) is 0 Å². The minimum atomic E-state index is -0.754. The number of anilines is 1. The van der Waals surface area contributed by atoms with Crippen molar-refractivity contribution in [2.24, 2.45) is 5.41 Å². The van der Waals surface area contributed by atoms with Gasteiger partial charge in [0, 0.05) is 29.3 Å². The minimum Gasteiger partial charge on any atom is -0.328 e. The first-order valence-corrected chi connectivity index (χ1v) is 10.6. The second-order valence-electron chi connectivity index (χ2n) is 8.86. The van der Waals surface area contributed by atoms with E-state index in [2.05, 4.69) is 15.4 Å². The molecule has 0 fully saturated rings. The summed E-state index contributed by atoms with van der Waals surface area (Å²) in [5.41, 5.74) is 1.98. The van der Waals surface area contributed by atoms with E-state index in [9.17, 15) is 14.9 Å². The molecule has 32 heavy (non-hydrogen) atoms. The fourth-order valence-corrected chi connectivity index (χ4v) is 4.76. The standard InChI is InChI=1S/C23H20ClN5O3/c1-23(2)11-16-19(18(30)12-23)20(14-8-4-6-10-17(14)29(31)32)28-22(25-16)26-21(27-28)13-7-3-5-9-15(13)24/h3-10,20H,11-12H2,1-2H3,(H,25,26,27). The molecule has 1 N–H and O–H groups in total. The number of halogens is 1. The molecule has 0 bridgehead atoms. The third-order valence-electron chi connectivity index (χ3n) is 5.87. The van der Waals surface area contributed by atoms with Gasteiger partial charge in [-0.3, -0.25) is 14.9 Å². The summed E-state index contributed by atoms with van der Waals surface area (Å²) in [4.78, 5) is 29.3. The number of ketones is 1. The van der Waals surface area contributed by atoms with E-state index in [1.807, 2.05) is 32.0 Å². The SMILES string of the molecule is CC1(C)CC(=O)C2=C(C1)Nc1nc(-c3ccccc3Cl)nn1C2c1ccccc1[N+](=O)[O-]. The molecular formula is C23H20ClN5O3. The highest BCUT2D eigenvalue weighted by atomic mass is 35.5. The maximum Gasteiger partial charge on any atom is 0.275 e. The monoisotopic (exact) mass is 449 g/mol. The zero-order chi connectivity index (χ0) is 22.6. The Bertz CT molecular complexity index is 1310. The lowest BCUT2D eigenvalue weighted by Gasteiger charge is -2.38. The molecule has 2 heterocycles. The van der Waals surface area contributed by atoms with E-state index in [0.717, 1.165) is 5.70 Å². The average Bonchev–Trinajstić information content (AvgIpc) is 3.15. The summed E-state index contributed by atoms with van der Waals surface area (Å²) in [6.07, 6.45) is 0.978. The van der Waals surface area contributed by atoms with E-state index in [4.69, 9.17) is 11.6 Å². The van der Waals surface area contributed by atoms with Crippen LogP contribution in [0.5, 0.6) is 0 Å². The molecule has 1 aliphatic heterocycles. The number of fused-ring (bicyclic) bond motifs is 1. The molecule has 0 saturated heterocycles. The van der Waals surface area contributed by atoms with Crippen LogP contribution in [0.2, 0.25) is 5.02 Å². The predicted octanol–water partition coefficient (Wildman–Crippen LogP) is 5.16. The molecular weight excluding hydrogens is 430 g/mol. The summed E-state index contributed by atoms with van der Waals surface area (Å²) in [6.45, 7) is 4.07. The Morgan fingerprint density at radius 1 is 1.16 bits per heavy atom. The number of nitro groups is 1. The van der Waals surface area contributed by atoms with Gasteiger partial charge < -0.3 is 5.32 Å². The molecule has 1 aromatic heterocycles. The van der Waals surface area contributed by atoms with Crippen LogP contribution in [0.1, 0.15) is 38.3 Å². The number of rotatable bonds is 3. The highest BCUT2D eigenvalue weighted by Gasteiger charge is 2.43. The molecule has 8 nitrogen and oxygen atoms in total. The molecule has 0 saturated carbocycles. The van der Waals surface area contributed by atoms with E-state index in [1.165, 1.54) is 6.07 Å². The Morgan fingerprint density at radius 3 is 2.62 bits per heavy atom. The Morgan fingerprint density at radius 2 is 1.88 bits per heavy atom. The Kier molecular flexibility index (Phi) is 4.63. The molecule has 5 rings (SSSR count). The minimum absolute atomic E-state index is 0.0488. The number of hydrogen-bond donors (Lipinski definition) is 1. The van der Waals surface area contributed by atoms with Crippen molar-refractivity contribution in [3.8, 4) is 11.4 Å². The zero-order valence-corrected chi connectivity index (χ0v) is 18.3. The number of nitrogens with zero attached hydrogens (tertiary/aromatic N) is 4. The molecule has 3 aromatic rings. The number of allylic oxidation sites excluding steroid dienone is 2. The lowest BCUT2D eigenvalue weighted by atomic mass is 9.73. The number of para-hydroxylation sites is 1. The van der Waals surface area contributed by atoms with E-state index in [-0.39, 0.29) is 16.9 Å². The maximum atomic E-state index is 13.3. The van der Waals surface area contributed by atoms with Gasteiger partial charge in [-0.1, -0.05) is 49.7 Å². The van der Waals surface area contributed by atoms with Gasteiger partial charge in [-0.05, 0) is 30.0 Å². The normalized spacial score (nSPS) is 19.2. The fraction of sp³-hybridized carbons (Fsp3) is 0.261. The molecule has 0 radical (unpaired) electrons. The third kappa shape index (κ3) is 3.27. The predicted molar refractivity (Wildman–Crippen MR) is 120 cm³/mol. The Hall–Kier alpha value is -3.52. The van der Waals surface area contributed by atoms with E-state index in [0.29, 0.717) is 46.3 Å². The molecule has 0 amide bonds. The van der Waals surface area contributed by atoms with Gasteiger partial charge in [-0.25, -0.2) is 4.68 Å². The Balaban J connectivity index is 1.75. The van der Waals surface area contributed by atoms with Crippen molar-refractivity contribution >= 4 is 29.0 Å². The molecule has 162 valence electrons. The maximum absolute atomic E-state index is 13.3. The van der Waals surface area contributed by atoms with Crippen LogP contribution in [-0.2, 0) is 4.79 Å². The number of hydrogen-bond acceptors (Lipinski definition) is 6. The molecule has 9 heteroatoms. The van der Waals surface area contributed by atoms with E-state index >= 15 is 0 Å². The van der Waals surface area contributed by atoms with Gasteiger partial charge in [0.1, 0.15) is 6.04 Å². The first kappa shape index (κ1) is 20.4. The number of carbonyl (C=O) groups is 1. The van der Waals surface area contributed by atoms with Gasteiger partial charge >= 0.3 is 0 Å². The average molecular weight is 450 g/mol. The van der Waals surface area contributed by atoms with E-state index in [1.54, 1.807) is 28.9 Å². The van der Waals surface area contributed by atoms with Crippen LogP contribution < -0.4 is 5.32 Å². The summed E-state index contributed by atoms with van der Waals surface area (Å²) in [5.74, 6) is 0.757. The molecule has 0 spiro atoms. The highest BCUT2D eigenvalue weighted by Crippen LogP contribution is 2.47. The number of benzene rings is 2. The van der Waals surface area contributed by atoms with Crippen LogP contribution in [0.25, 0.3) is 11.4 Å². The van der Waals surface area contributed by atoms with Gasteiger partial charge in [-0.2, -0.15) is 4.98 Å². The lowest BCUT2D eigenvalue weighted by molar-refractivity contribution is -0.385. The second kappa shape index (κ2) is 7.27. The van der Waals surface area contributed by atoms with Crippen molar-refractivity contribution in [1.29, 1.82) is 0 Å². The summed E-state index contributed by atoms with van der Waals surface area (Å²) < 4.78 is 1.57. The van der Waals surface area contributed by atoms with Crippen LogP contribution in [0, 0.1) is 15.5 Å². The summed E-state index contributed by atoms with van der Waals surface area (Å²) >= 11 is 6.36. The molecule has 1 unspecified atom stereocenters. The highest BCUT2D eigenvalue weighted by molar-refractivity contribution is 6.33. The molecule has 2 aliphatic rings. The van der Waals surface area contributed by atoms with Crippen LogP contribution >= 0.6 is 11.6 Å². The fourth-order valence-electron chi connectivity index (χ4n) is 4.54. The Labute approximate surface area is 189 Å². The van der Waals surface area contributed by atoms with Crippen molar-refractivity contribution in [2.45, 2.75) is 32.7 Å².